The van der Waals surface area contributed by atoms with E-state index < -0.39 is 8.56 Å². The molecule has 33 heavy (non-hydrogen) atoms. The Balaban J connectivity index is 1.36. The molecule has 0 aromatic heterocycles. The first-order valence-electron chi connectivity index (χ1n) is 13.0. The Kier molecular flexibility index (Phi) is 7.30. The molecule has 174 valence electrons. The molecule has 2 heterocycles. The number of rotatable bonds is 7. The fourth-order valence-electron chi connectivity index (χ4n) is 6.01. The smallest absolute Gasteiger partial charge is 0.376 e. The van der Waals surface area contributed by atoms with E-state index in [9.17, 15) is 0 Å². The van der Waals surface area contributed by atoms with E-state index in [2.05, 4.69) is 79.7 Å². The number of benzene rings is 2. The molecule has 2 aromatic carbocycles. The molecular formula is C30H38O2Si. The van der Waals surface area contributed by atoms with Crippen molar-refractivity contribution in [1.29, 1.82) is 0 Å². The van der Waals surface area contributed by atoms with Crippen LogP contribution in [0, 0.1) is 0 Å². The van der Waals surface area contributed by atoms with Crippen molar-refractivity contribution >= 4 is 8.56 Å². The summed E-state index contributed by atoms with van der Waals surface area (Å²) in [4.78, 5) is 0. The maximum Gasteiger partial charge on any atom is 0.376 e. The van der Waals surface area contributed by atoms with Crippen LogP contribution in [-0.4, -0.2) is 20.8 Å². The zero-order valence-electron chi connectivity index (χ0n) is 20.0. The van der Waals surface area contributed by atoms with Gasteiger partial charge in [0, 0.05) is 5.54 Å². The first-order valence-corrected chi connectivity index (χ1v) is 14.9. The molecular weight excluding hydrogens is 420 g/mol. The summed E-state index contributed by atoms with van der Waals surface area (Å²) >= 11 is 0. The van der Waals surface area contributed by atoms with Gasteiger partial charge in [0.15, 0.2) is 0 Å². The summed E-state index contributed by atoms with van der Waals surface area (Å²) in [6.07, 6.45) is 17.0. The lowest BCUT2D eigenvalue weighted by Crippen LogP contribution is -2.54. The molecule has 0 radical (unpaired) electrons. The number of allylic oxidation sites excluding steroid dienone is 2. The minimum Gasteiger partial charge on any atom is -0.387 e. The van der Waals surface area contributed by atoms with E-state index in [-0.39, 0.29) is 12.2 Å². The molecule has 1 saturated carbocycles. The van der Waals surface area contributed by atoms with Crippen LogP contribution in [0.5, 0.6) is 0 Å². The molecule has 2 nitrogen and oxygen atoms in total. The van der Waals surface area contributed by atoms with E-state index in [1.807, 2.05) is 0 Å². The van der Waals surface area contributed by atoms with E-state index in [1.165, 1.54) is 47.6 Å². The molecule has 3 unspecified atom stereocenters. The third kappa shape index (κ3) is 5.26. The Bertz CT molecular complexity index is 961. The quantitative estimate of drug-likeness (QED) is 0.397. The van der Waals surface area contributed by atoms with E-state index in [4.69, 9.17) is 8.85 Å². The van der Waals surface area contributed by atoms with Crippen molar-refractivity contribution in [3.8, 4) is 0 Å². The Hall–Kier alpha value is -1.94. The first-order chi connectivity index (χ1) is 16.2. The van der Waals surface area contributed by atoms with Gasteiger partial charge in [-0.05, 0) is 74.6 Å². The molecule has 2 aliphatic heterocycles. The van der Waals surface area contributed by atoms with Crippen molar-refractivity contribution < 1.29 is 8.85 Å². The third-order valence-corrected chi connectivity index (χ3v) is 12.2. The van der Waals surface area contributed by atoms with Gasteiger partial charge in [-0.1, -0.05) is 91.2 Å². The van der Waals surface area contributed by atoms with Gasteiger partial charge in [0.1, 0.15) is 0 Å². The van der Waals surface area contributed by atoms with Crippen LogP contribution in [-0.2, 0) is 21.7 Å². The number of aryl methyl sites for hydroxylation is 2. The minimum absolute atomic E-state index is 0.256. The van der Waals surface area contributed by atoms with Crippen LogP contribution in [0.1, 0.15) is 69.4 Å². The molecule has 3 aliphatic rings. The van der Waals surface area contributed by atoms with Crippen molar-refractivity contribution in [2.75, 3.05) is 0 Å². The molecule has 0 N–H and O–H groups in total. The summed E-state index contributed by atoms with van der Waals surface area (Å²) in [5.74, 6) is 0. The second-order valence-corrected chi connectivity index (χ2v) is 13.3. The number of hydrogen-bond acceptors (Lipinski definition) is 2. The Morgan fingerprint density at radius 2 is 1.24 bits per heavy atom. The molecule has 0 saturated heterocycles. The molecule has 0 spiro atoms. The second kappa shape index (κ2) is 10.5. The first kappa shape index (κ1) is 22.8. The van der Waals surface area contributed by atoms with Crippen LogP contribution in [0.15, 0.2) is 83.6 Å². The SMILES string of the molecule is CC1=CCC(CCc2ccccc2)O[Si]2(C3CCCC3)OC(CCc3ccccc3)CC=C12. The minimum atomic E-state index is -2.49. The fourth-order valence-corrected chi connectivity index (χ4v) is 10.8. The monoisotopic (exact) mass is 458 g/mol. The van der Waals surface area contributed by atoms with E-state index >= 15 is 0 Å². The van der Waals surface area contributed by atoms with Gasteiger partial charge in [-0.3, -0.25) is 0 Å². The topological polar surface area (TPSA) is 18.5 Å². The molecule has 0 amide bonds. The van der Waals surface area contributed by atoms with Crippen LogP contribution < -0.4 is 0 Å². The number of hydrogen-bond donors (Lipinski definition) is 0. The predicted octanol–water partition coefficient (Wildman–Crippen LogP) is 7.63. The van der Waals surface area contributed by atoms with Gasteiger partial charge in [0.2, 0.25) is 0 Å². The summed E-state index contributed by atoms with van der Waals surface area (Å²) in [6.45, 7) is 2.30. The van der Waals surface area contributed by atoms with Crippen molar-refractivity contribution in [2.45, 2.75) is 88.9 Å². The molecule has 1 fully saturated rings. The lowest BCUT2D eigenvalue weighted by Gasteiger charge is -2.44. The highest BCUT2D eigenvalue weighted by Gasteiger charge is 2.55. The lowest BCUT2D eigenvalue weighted by molar-refractivity contribution is 0.0675. The molecule has 5 rings (SSSR count). The van der Waals surface area contributed by atoms with Crippen LogP contribution in [0.25, 0.3) is 0 Å². The van der Waals surface area contributed by atoms with Crippen LogP contribution >= 0.6 is 0 Å². The largest absolute Gasteiger partial charge is 0.387 e. The third-order valence-electron chi connectivity index (χ3n) is 7.84. The summed E-state index contributed by atoms with van der Waals surface area (Å²) in [6, 6.07) is 21.7. The fraction of sp³-hybridized carbons (Fsp3) is 0.467. The Morgan fingerprint density at radius 1 is 0.727 bits per heavy atom. The van der Waals surface area contributed by atoms with E-state index in [0.29, 0.717) is 5.54 Å². The number of fused-ring (bicyclic) bond motifs is 1. The normalized spacial score (nSPS) is 28.0. The summed E-state index contributed by atoms with van der Waals surface area (Å²) in [5, 5.41) is 1.47. The van der Waals surface area contributed by atoms with Gasteiger partial charge in [0.25, 0.3) is 0 Å². The van der Waals surface area contributed by atoms with Crippen molar-refractivity contribution in [2.24, 2.45) is 0 Å². The van der Waals surface area contributed by atoms with Gasteiger partial charge < -0.3 is 8.85 Å². The Labute approximate surface area is 201 Å². The van der Waals surface area contributed by atoms with Gasteiger partial charge in [-0.15, -0.1) is 0 Å². The maximum atomic E-state index is 7.26. The highest BCUT2D eigenvalue weighted by Crippen LogP contribution is 2.49. The van der Waals surface area contributed by atoms with Crippen molar-refractivity contribution in [3.05, 3.63) is 94.7 Å². The van der Waals surface area contributed by atoms with E-state index in [1.54, 1.807) is 0 Å². The Morgan fingerprint density at radius 3 is 1.79 bits per heavy atom. The highest BCUT2D eigenvalue weighted by molar-refractivity contribution is 6.77. The van der Waals surface area contributed by atoms with Crippen LogP contribution in [0.3, 0.4) is 0 Å². The predicted molar refractivity (Wildman–Crippen MR) is 138 cm³/mol. The molecule has 1 aliphatic carbocycles. The standard InChI is InChI=1S/C30H38O2Si/c1-24-16-19-27(20-17-25-10-4-2-5-11-25)31-33(29-14-8-9-15-29)30(24)23-22-28(32-33)21-18-26-12-6-3-7-13-26/h2-7,10-13,16,23,27-29H,8-9,14-15,17-22H2,1H3. The van der Waals surface area contributed by atoms with E-state index in [0.717, 1.165) is 38.5 Å². The zero-order valence-corrected chi connectivity index (χ0v) is 21.0. The average molecular weight is 459 g/mol. The molecule has 3 atom stereocenters. The van der Waals surface area contributed by atoms with Crippen molar-refractivity contribution in [3.63, 3.8) is 0 Å². The average Bonchev–Trinajstić information content (AvgIpc) is 3.37. The summed E-state index contributed by atoms with van der Waals surface area (Å²) < 4.78 is 14.5. The van der Waals surface area contributed by atoms with Crippen molar-refractivity contribution in [1.82, 2.24) is 0 Å². The molecule has 3 heteroatoms. The summed E-state index contributed by atoms with van der Waals surface area (Å²) in [7, 11) is -2.49. The van der Waals surface area contributed by atoms with Gasteiger partial charge in [0.05, 0.1) is 12.2 Å². The van der Waals surface area contributed by atoms with Gasteiger partial charge >= 0.3 is 8.56 Å². The van der Waals surface area contributed by atoms with Gasteiger partial charge in [-0.2, -0.15) is 0 Å². The highest BCUT2D eigenvalue weighted by atomic mass is 28.4. The maximum absolute atomic E-state index is 7.26. The zero-order chi connectivity index (χ0) is 22.5. The lowest BCUT2D eigenvalue weighted by atomic mass is 10.0. The summed E-state index contributed by atoms with van der Waals surface area (Å²) in [5.41, 5.74) is 4.84. The van der Waals surface area contributed by atoms with Crippen LogP contribution in [0.4, 0.5) is 0 Å². The second-order valence-electron chi connectivity index (χ2n) is 10.2. The molecule has 0 bridgehead atoms. The van der Waals surface area contributed by atoms with Gasteiger partial charge in [-0.25, -0.2) is 0 Å². The molecule has 2 aromatic rings. The van der Waals surface area contributed by atoms with Crippen LogP contribution in [0.2, 0.25) is 5.54 Å².